The lowest BCUT2D eigenvalue weighted by atomic mass is 9.90. The molecule has 1 aliphatic carbocycles. The van der Waals surface area contributed by atoms with Crippen LogP contribution >= 0.6 is 0 Å². The average molecular weight is 343 g/mol. The maximum atomic E-state index is 6.43. The van der Waals surface area contributed by atoms with Crippen molar-refractivity contribution in [3.05, 3.63) is 18.1 Å². The lowest BCUT2D eigenvalue weighted by molar-refractivity contribution is -0.0311. The maximum Gasteiger partial charge on any atom is 0.147 e. The number of nitrogen functional groups attached to an aromatic ring is 1. The van der Waals surface area contributed by atoms with Crippen LogP contribution in [0.1, 0.15) is 57.7 Å². The predicted octanol–water partition coefficient (Wildman–Crippen LogP) is 3.26. The molecule has 4 rings (SSSR count). The van der Waals surface area contributed by atoms with Gasteiger partial charge in [0.25, 0.3) is 0 Å². The van der Waals surface area contributed by atoms with Gasteiger partial charge in [-0.2, -0.15) is 0 Å². The third kappa shape index (κ3) is 3.02. The van der Waals surface area contributed by atoms with Gasteiger partial charge in [-0.05, 0) is 52.0 Å². The summed E-state index contributed by atoms with van der Waals surface area (Å²) in [5, 5.41) is 0.952. The van der Waals surface area contributed by atoms with E-state index >= 15 is 0 Å². The minimum atomic E-state index is 0.0471. The summed E-state index contributed by atoms with van der Waals surface area (Å²) in [6, 6.07) is 1.33. The largest absolute Gasteiger partial charge is 0.383 e. The minimum Gasteiger partial charge on any atom is -0.383 e. The second-order valence-corrected chi connectivity index (χ2v) is 7.84. The number of anilines is 1. The van der Waals surface area contributed by atoms with Crippen LogP contribution < -0.4 is 5.73 Å². The zero-order valence-corrected chi connectivity index (χ0v) is 15.5. The lowest BCUT2D eigenvalue weighted by Gasteiger charge is -2.41. The van der Waals surface area contributed by atoms with Crippen LogP contribution in [-0.2, 0) is 4.74 Å². The Morgan fingerprint density at radius 3 is 2.76 bits per heavy atom. The molecule has 0 amide bonds. The van der Waals surface area contributed by atoms with Gasteiger partial charge in [0.15, 0.2) is 0 Å². The number of hydrogen-bond donors (Lipinski definition) is 1. The first-order valence-corrected chi connectivity index (χ1v) is 9.53. The number of rotatable bonds is 5. The van der Waals surface area contributed by atoms with Crippen molar-refractivity contribution in [1.29, 1.82) is 0 Å². The van der Waals surface area contributed by atoms with E-state index in [-0.39, 0.29) is 6.23 Å². The van der Waals surface area contributed by atoms with Gasteiger partial charge < -0.3 is 15.0 Å². The van der Waals surface area contributed by atoms with Gasteiger partial charge >= 0.3 is 0 Å². The van der Waals surface area contributed by atoms with E-state index in [0.717, 1.165) is 42.0 Å². The van der Waals surface area contributed by atoms with Gasteiger partial charge in [0, 0.05) is 24.8 Å². The number of nitrogens with two attached hydrogens (primary N) is 1. The predicted molar refractivity (Wildman–Crippen MR) is 99.3 cm³/mol. The molecule has 136 valence electrons. The Morgan fingerprint density at radius 2 is 2.08 bits per heavy atom. The molecule has 0 radical (unpaired) electrons. The number of fused-ring (bicyclic) bond motifs is 1. The standard InChI is InChI=1S/C19H29N5O/c1-12(2)23(14-5-4-6-14)10-15-7-8-16(25-15)24-9-13(3)17-18(20)21-11-22-19(17)24/h9,11-12,14-16H,4-8,10H2,1-3H3,(H2,20,21,22). The van der Waals surface area contributed by atoms with E-state index < -0.39 is 0 Å². The summed E-state index contributed by atoms with van der Waals surface area (Å²) in [5.41, 5.74) is 8.03. The molecule has 2 atom stereocenters. The van der Waals surface area contributed by atoms with Gasteiger partial charge in [-0.1, -0.05) is 6.42 Å². The molecule has 2 unspecified atom stereocenters. The van der Waals surface area contributed by atoms with E-state index in [0.29, 0.717) is 18.0 Å². The van der Waals surface area contributed by atoms with Crippen molar-refractivity contribution in [2.75, 3.05) is 12.3 Å². The van der Waals surface area contributed by atoms with E-state index in [4.69, 9.17) is 10.5 Å². The third-order valence-electron chi connectivity index (χ3n) is 5.85. The summed E-state index contributed by atoms with van der Waals surface area (Å²) in [5.74, 6) is 0.548. The van der Waals surface area contributed by atoms with E-state index in [9.17, 15) is 0 Å². The molecule has 2 fully saturated rings. The van der Waals surface area contributed by atoms with Crippen molar-refractivity contribution in [2.24, 2.45) is 0 Å². The molecular formula is C19H29N5O. The highest BCUT2D eigenvalue weighted by Gasteiger charge is 2.33. The smallest absolute Gasteiger partial charge is 0.147 e. The summed E-state index contributed by atoms with van der Waals surface area (Å²) in [4.78, 5) is 11.2. The summed E-state index contributed by atoms with van der Waals surface area (Å²) in [6.07, 6.45) is 10.2. The lowest BCUT2D eigenvalue weighted by Crippen LogP contribution is -2.47. The molecule has 2 aromatic rings. The molecule has 2 aromatic heterocycles. The van der Waals surface area contributed by atoms with Crippen LogP contribution in [0.4, 0.5) is 5.82 Å². The Hall–Kier alpha value is -1.66. The zero-order valence-electron chi connectivity index (χ0n) is 15.5. The van der Waals surface area contributed by atoms with Gasteiger partial charge in [-0.15, -0.1) is 0 Å². The number of nitrogens with zero attached hydrogens (tertiary/aromatic N) is 4. The molecule has 2 aliphatic rings. The Labute approximate surface area is 149 Å². The minimum absolute atomic E-state index is 0.0471. The van der Waals surface area contributed by atoms with Crippen molar-refractivity contribution in [3.8, 4) is 0 Å². The van der Waals surface area contributed by atoms with Gasteiger partial charge in [0.2, 0.25) is 0 Å². The molecule has 1 saturated carbocycles. The molecule has 0 spiro atoms. The number of hydrogen-bond acceptors (Lipinski definition) is 5. The van der Waals surface area contributed by atoms with Crippen molar-refractivity contribution in [1.82, 2.24) is 19.4 Å². The molecule has 1 saturated heterocycles. The molecule has 2 N–H and O–H groups in total. The second kappa shape index (κ2) is 6.57. The first kappa shape index (κ1) is 16.8. The quantitative estimate of drug-likeness (QED) is 0.902. The SMILES string of the molecule is Cc1cn(C2CCC(CN(C(C)C)C3CCC3)O2)c2ncnc(N)c12. The fraction of sp³-hybridized carbons (Fsp3) is 0.684. The van der Waals surface area contributed by atoms with Crippen molar-refractivity contribution in [3.63, 3.8) is 0 Å². The molecule has 0 bridgehead atoms. The summed E-state index contributed by atoms with van der Waals surface area (Å²) >= 11 is 0. The van der Waals surface area contributed by atoms with E-state index in [1.165, 1.54) is 25.6 Å². The number of aromatic nitrogens is 3. The second-order valence-electron chi connectivity index (χ2n) is 7.84. The molecule has 3 heterocycles. The molecular weight excluding hydrogens is 314 g/mol. The van der Waals surface area contributed by atoms with Crippen molar-refractivity contribution < 1.29 is 4.74 Å². The van der Waals surface area contributed by atoms with E-state index in [1.807, 2.05) is 0 Å². The first-order valence-electron chi connectivity index (χ1n) is 9.53. The van der Waals surface area contributed by atoms with Crippen LogP contribution in [0, 0.1) is 6.92 Å². The fourth-order valence-electron chi connectivity index (χ4n) is 4.28. The normalized spacial score (nSPS) is 24.5. The van der Waals surface area contributed by atoms with E-state index in [2.05, 4.69) is 46.4 Å². The Kier molecular flexibility index (Phi) is 4.41. The van der Waals surface area contributed by atoms with Crippen LogP contribution in [0.15, 0.2) is 12.5 Å². The third-order valence-corrected chi connectivity index (χ3v) is 5.85. The molecule has 0 aromatic carbocycles. The monoisotopic (exact) mass is 343 g/mol. The van der Waals surface area contributed by atoms with Gasteiger partial charge in [0.05, 0.1) is 11.5 Å². The van der Waals surface area contributed by atoms with Crippen molar-refractivity contribution >= 4 is 16.9 Å². The van der Waals surface area contributed by atoms with Crippen LogP contribution in [0.2, 0.25) is 0 Å². The van der Waals surface area contributed by atoms with E-state index in [1.54, 1.807) is 0 Å². The van der Waals surface area contributed by atoms with Crippen LogP contribution in [0.3, 0.4) is 0 Å². The topological polar surface area (TPSA) is 69.2 Å². The molecule has 25 heavy (non-hydrogen) atoms. The van der Waals surface area contributed by atoms with Crippen LogP contribution in [0.25, 0.3) is 11.0 Å². The van der Waals surface area contributed by atoms with Gasteiger partial charge in [-0.25, -0.2) is 9.97 Å². The average Bonchev–Trinajstić information content (AvgIpc) is 3.10. The summed E-state index contributed by atoms with van der Waals surface area (Å²) in [6.45, 7) is 7.69. The molecule has 6 heteroatoms. The zero-order chi connectivity index (χ0) is 17.6. The Balaban J connectivity index is 1.50. The summed E-state index contributed by atoms with van der Waals surface area (Å²) < 4.78 is 8.57. The highest BCUT2D eigenvalue weighted by atomic mass is 16.5. The fourth-order valence-corrected chi connectivity index (χ4v) is 4.28. The van der Waals surface area contributed by atoms with Crippen LogP contribution in [0.5, 0.6) is 0 Å². The highest BCUT2D eigenvalue weighted by molar-refractivity contribution is 5.89. The molecule has 1 aliphatic heterocycles. The van der Waals surface area contributed by atoms with Crippen LogP contribution in [-0.4, -0.2) is 44.2 Å². The van der Waals surface area contributed by atoms with Crippen molar-refractivity contribution in [2.45, 2.75) is 77.3 Å². The molecule has 6 nitrogen and oxygen atoms in total. The Morgan fingerprint density at radius 1 is 1.28 bits per heavy atom. The number of aryl methyl sites for hydroxylation is 1. The highest BCUT2D eigenvalue weighted by Crippen LogP contribution is 2.35. The van der Waals surface area contributed by atoms with Gasteiger partial charge in [-0.3, -0.25) is 4.90 Å². The maximum absolute atomic E-state index is 6.43. The first-order chi connectivity index (χ1) is 12.0. The Bertz CT molecular complexity index is 752. The number of ether oxygens (including phenoxy) is 1. The summed E-state index contributed by atoms with van der Waals surface area (Å²) in [7, 11) is 0. The van der Waals surface area contributed by atoms with Gasteiger partial charge in [0.1, 0.15) is 24.0 Å².